The van der Waals surface area contributed by atoms with Crippen LogP contribution in [0.2, 0.25) is 0 Å². The van der Waals surface area contributed by atoms with Gasteiger partial charge in [-0.2, -0.15) is 5.26 Å². The van der Waals surface area contributed by atoms with Gasteiger partial charge in [0, 0.05) is 12.1 Å². The second-order valence-corrected chi connectivity index (χ2v) is 3.43. The van der Waals surface area contributed by atoms with E-state index in [0.717, 1.165) is 12.8 Å². The Morgan fingerprint density at radius 3 is 2.92 bits per heavy atom. The van der Waals surface area contributed by atoms with E-state index in [1.54, 1.807) is 6.08 Å². The Morgan fingerprint density at radius 1 is 1.77 bits per heavy atom. The predicted octanol–water partition coefficient (Wildman–Crippen LogP) is 1.52. The van der Waals surface area contributed by atoms with Gasteiger partial charge in [-0.25, -0.2) is 0 Å². The van der Waals surface area contributed by atoms with Crippen LogP contribution >= 0.6 is 0 Å². The van der Waals surface area contributed by atoms with Crippen LogP contribution in [0.15, 0.2) is 11.6 Å². The van der Waals surface area contributed by atoms with Crippen LogP contribution < -0.4 is 5.32 Å². The third-order valence-corrected chi connectivity index (χ3v) is 2.12. The molecule has 0 bridgehead atoms. The van der Waals surface area contributed by atoms with Crippen LogP contribution in [-0.2, 0) is 4.79 Å². The number of allylic oxidation sites excluding steroid dienone is 1. The summed E-state index contributed by atoms with van der Waals surface area (Å²) in [7, 11) is 0. The molecule has 1 aliphatic rings. The summed E-state index contributed by atoms with van der Waals surface area (Å²) in [5, 5.41) is 11.1. The monoisotopic (exact) mass is 178 g/mol. The van der Waals surface area contributed by atoms with Crippen LogP contribution in [0, 0.1) is 11.3 Å². The molecule has 1 N–H and O–H groups in total. The number of hydrogen-bond donors (Lipinski definition) is 1. The quantitative estimate of drug-likeness (QED) is 0.666. The minimum atomic E-state index is -0.0579. The van der Waals surface area contributed by atoms with Gasteiger partial charge in [0.05, 0.1) is 12.5 Å². The Morgan fingerprint density at radius 2 is 2.46 bits per heavy atom. The molecular weight excluding hydrogens is 164 g/mol. The van der Waals surface area contributed by atoms with E-state index in [2.05, 4.69) is 5.32 Å². The van der Waals surface area contributed by atoms with Crippen molar-refractivity contribution in [1.82, 2.24) is 5.32 Å². The van der Waals surface area contributed by atoms with Crippen LogP contribution in [-0.4, -0.2) is 11.9 Å². The van der Waals surface area contributed by atoms with E-state index in [-0.39, 0.29) is 11.9 Å². The van der Waals surface area contributed by atoms with E-state index in [9.17, 15) is 4.79 Å². The van der Waals surface area contributed by atoms with E-state index in [0.29, 0.717) is 6.42 Å². The minimum Gasteiger partial charge on any atom is -0.349 e. The van der Waals surface area contributed by atoms with Gasteiger partial charge in [-0.05, 0) is 26.2 Å². The normalized spacial score (nSPS) is 16.8. The molecule has 0 aromatic rings. The summed E-state index contributed by atoms with van der Waals surface area (Å²) in [6.45, 7) is 1.83. The molecule has 1 aliphatic carbocycles. The van der Waals surface area contributed by atoms with Crippen molar-refractivity contribution in [3.8, 4) is 6.07 Å². The van der Waals surface area contributed by atoms with E-state index < -0.39 is 0 Å². The number of hydrogen-bond acceptors (Lipinski definition) is 2. The summed E-state index contributed by atoms with van der Waals surface area (Å²) in [4.78, 5) is 11.2. The van der Waals surface area contributed by atoms with Gasteiger partial charge in [-0.15, -0.1) is 0 Å². The minimum absolute atomic E-state index is 0.0468. The first-order chi connectivity index (χ1) is 6.22. The van der Waals surface area contributed by atoms with Crippen molar-refractivity contribution in [3.05, 3.63) is 11.6 Å². The summed E-state index contributed by atoms with van der Waals surface area (Å²) in [5.41, 5.74) is 1.22. The van der Waals surface area contributed by atoms with E-state index >= 15 is 0 Å². The van der Waals surface area contributed by atoms with Crippen molar-refractivity contribution in [2.75, 3.05) is 0 Å². The van der Waals surface area contributed by atoms with Crippen molar-refractivity contribution < 1.29 is 4.79 Å². The molecule has 1 amide bonds. The van der Waals surface area contributed by atoms with E-state index in [1.165, 1.54) is 12.0 Å². The highest BCUT2D eigenvalue weighted by Gasteiger charge is 2.11. The van der Waals surface area contributed by atoms with E-state index in [1.807, 2.05) is 13.0 Å². The van der Waals surface area contributed by atoms with Crippen LogP contribution in [0.3, 0.4) is 0 Å². The second kappa shape index (κ2) is 4.66. The van der Waals surface area contributed by atoms with Gasteiger partial charge < -0.3 is 5.32 Å². The standard InChI is InChI=1S/C10H14N2O/c1-8(5-6-11)12-10(13)7-9-3-2-4-9/h7-8H,2-5H2,1H3,(H,12,13). The van der Waals surface area contributed by atoms with Gasteiger partial charge in [0.25, 0.3) is 0 Å². The smallest absolute Gasteiger partial charge is 0.244 e. The van der Waals surface area contributed by atoms with Crippen molar-refractivity contribution in [3.63, 3.8) is 0 Å². The first-order valence-electron chi connectivity index (χ1n) is 4.59. The lowest BCUT2D eigenvalue weighted by Crippen LogP contribution is -2.31. The molecule has 0 spiro atoms. The fraction of sp³-hybridized carbons (Fsp3) is 0.600. The molecule has 13 heavy (non-hydrogen) atoms. The average molecular weight is 178 g/mol. The number of carbonyl (C=O) groups is 1. The van der Waals surface area contributed by atoms with Crippen molar-refractivity contribution in [1.29, 1.82) is 5.26 Å². The Kier molecular flexibility index (Phi) is 3.51. The molecule has 0 saturated heterocycles. The maximum atomic E-state index is 11.2. The molecule has 0 heterocycles. The lowest BCUT2D eigenvalue weighted by Gasteiger charge is -2.16. The van der Waals surface area contributed by atoms with Gasteiger partial charge in [-0.1, -0.05) is 5.57 Å². The third-order valence-electron chi connectivity index (χ3n) is 2.12. The fourth-order valence-corrected chi connectivity index (χ4v) is 1.18. The molecule has 70 valence electrons. The van der Waals surface area contributed by atoms with Crippen LogP contribution in [0.5, 0.6) is 0 Å². The van der Waals surface area contributed by atoms with Crippen LogP contribution in [0.1, 0.15) is 32.6 Å². The third kappa shape index (κ3) is 3.29. The number of amides is 1. The van der Waals surface area contributed by atoms with Crippen molar-refractivity contribution >= 4 is 5.91 Å². The van der Waals surface area contributed by atoms with Crippen LogP contribution in [0.25, 0.3) is 0 Å². The number of carbonyl (C=O) groups excluding carboxylic acids is 1. The summed E-state index contributed by atoms with van der Waals surface area (Å²) >= 11 is 0. The number of nitriles is 1. The molecule has 1 atom stereocenters. The lowest BCUT2D eigenvalue weighted by atomic mass is 9.92. The highest BCUT2D eigenvalue weighted by molar-refractivity contribution is 5.88. The Bertz CT molecular complexity index is 257. The van der Waals surface area contributed by atoms with Crippen molar-refractivity contribution in [2.45, 2.75) is 38.6 Å². The average Bonchev–Trinajstić information content (AvgIpc) is 1.97. The van der Waals surface area contributed by atoms with Crippen molar-refractivity contribution in [2.24, 2.45) is 0 Å². The summed E-state index contributed by atoms with van der Waals surface area (Å²) in [6, 6.07) is 1.97. The largest absolute Gasteiger partial charge is 0.349 e. The number of nitrogens with one attached hydrogen (secondary N) is 1. The molecule has 0 aromatic carbocycles. The Balaban J connectivity index is 2.28. The van der Waals surface area contributed by atoms with Gasteiger partial charge in [0.15, 0.2) is 0 Å². The zero-order valence-electron chi connectivity index (χ0n) is 7.84. The molecule has 3 heteroatoms. The van der Waals surface area contributed by atoms with Gasteiger partial charge in [0.2, 0.25) is 5.91 Å². The summed E-state index contributed by atoms with van der Waals surface area (Å²) in [6.07, 6.45) is 5.35. The Labute approximate surface area is 78.4 Å². The molecule has 1 rings (SSSR count). The maximum Gasteiger partial charge on any atom is 0.244 e. The zero-order chi connectivity index (χ0) is 9.68. The summed E-state index contributed by atoms with van der Waals surface area (Å²) in [5.74, 6) is -0.0579. The SMILES string of the molecule is CC(CC#N)NC(=O)C=C1CCC1. The highest BCUT2D eigenvalue weighted by atomic mass is 16.1. The van der Waals surface area contributed by atoms with Crippen LogP contribution in [0.4, 0.5) is 0 Å². The second-order valence-electron chi connectivity index (χ2n) is 3.43. The van der Waals surface area contributed by atoms with Gasteiger partial charge in [-0.3, -0.25) is 4.79 Å². The molecule has 0 radical (unpaired) electrons. The molecule has 0 aromatic heterocycles. The molecule has 3 nitrogen and oxygen atoms in total. The maximum absolute atomic E-state index is 11.2. The first kappa shape index (κ1) is 9.79. The molecule has 1 saturated carbocycles. The highest BCUT2D eigenvalue weighted by Crippen LogP contribution is 2.24. The number of nitrogens with zero attached hydrogens (tertiary/aromatic N) is 1. The summed E-state index contributed by atoms with van der Waals surface area (Å²) < 4.78 is 0. The first-order valence-corrected chi connectivity index (χ1v) is 4.59. The fourth-order valence-electron chi connectivity index (χ4n) is 1.18. The zero-order valence-corrected chi connectivity index (χ0v) is 7.84. The molecule has 0 aliphatic heterocycles. The molecule has 1 unspecified atom stereocenters. The van der Waals surface area contributed by atoms with Gasteiger partial charge in [0.1, 0.15) is 0 Å². The predicted molar refractivity (Wildman–Crippen MR) is 49.8 cm³/mol. The molecule has 1 fully saturated rings. The Hall–Kier alpha value is -1.30. The molecular formula is C10H14N2O. The van der Waals surface area contributed by atoms with E-state index in [4.69, 9.17) is 5.26 Å². The lowest BCUT2D eigenvalue weighted by molar-refractivity contribution is -0.117. The topological polar surface area (TPSA) is 52.9 Å². The number of rotatable bonds is 3. The van der Waals surface area contributed by atoms with Gasteiger partial charge >= 0.3 is 0 Å².